The average Bonchev–Trinajstić information content (AvgIpc) is 2.46. The molecule has 1 aliphatic heterocycles. The van der Waals surface area contributed by atoms with Crippen LogP contribution in [0.1, 0.15) is 18.4 Å². The van der Waals surface area contributed by atoms with Crippen molar-refractivity contribution in [3.05, 3.63) is 48.0 Å². The summed E-state index contributed by atoms with van der Waals surface area (Å²) < 4.78 is 0. The van der Waals surface area contributed by atoms with Crippen molar-refractivity contribution in [3.8, 4) is 0 Å². The van der Waals surface area contributed by atoms with E-state index in [1.54, 1.807) is 0 Å². The Balaban J connectivity index is 2.19. The Bertz CT molecular complexity index is 686. The lowest BCUT2D eigenvalue weighted by molar-refractivity contribution is 0.0907. The minimum atomic E-state index is -1.11. The number of fused-ring (bicyclic) bond motifs is 1. The molecule has 110 valence electrons. The Kier molecular flexibility index (Phi) is 3.72. The molecule has 21 heavy (non-hydrogen) atoms. The van der Waals surface area contributed by atoms with Crippen LogP contribution in [-0.4, -0.2) is 28.0 Å². The standard InChI is InChI=1S/C16H15Cl2NO2/c17-12-8-9-19(15(20)21)16(18,10-12)14-7-3-5-11-4-1-2-6-13(11)14/h1-7,12H,8-10H2,(H,20,21). The summed E-state index contributed by atoms with van der Waals surface area (Å²) in [5.74, 6) is 0. The maximum Gasteiger partial charge on any atom is 0.408 e. The van der Waals surface area contributed by atoms with Crippen LogP contribution in [-0.2, 0) is 5.00 Å². The van der Waals surface area contributed by atoms with Crippen LogP contribution in [0.5, 0.6) is 0 Å². The van der Waals surface area contributed by atoms with Gasteiger partial charge in [-0.2, -0.15) is 0 Å². The fourth-order valence-corrected chi connectivity index (χ4v) is 3.92. The van der Waals surface area contributed by atoms with Gasteiger partial charge < -0.3 is 5.11 Å². The predicted octanol–water partition coefficient (Wildman–Crippen LogP) is 4.61. The van der Waals surface area contributed by atoms with Crippen LogP contribution in [0.15, 0.2) is 42.5 Å². The summed E-state index contributed by atoms with van der Waals surface area (Å²) in [5, 5.41) is 11.4. The Hall–Kier alpha value is -1.45. The molecule has 1 amide bonds. The fourth-order valence-electron chi connectivity index (χ4n) is 3.01. The number of halogens is 2. The third kappa shape index (κ3) is 2.45. The summed E-state index contributed by atoms with van der Waals surface area (Å²) in [7, 11) is 0. The van der Waals surface area contributed by atoms with Crippen molar-refractivity contribution in [2.24, 2.45) is 0 Å². The molecule has 0 saturated carbocycles. The molecule has 5 heteroatoms. The van der Waals surface area contributed by atoms with E-state index in [9.17, 15) is 9.90 Å². The molecule has 3 rings (SSSR count). The molecule has 1 heterocycles. The largest absolute Gasteiger partial charge is 0.465 e. The van der Waals surface area contributed by atoms with Gasteiger partial charge in [0.05, 0.1) is 0 Å². The van der Waals surface area contributed by atoms with Crippen molar-refractivity contribution < 1.29 is 9.90 Å². The molecule has 0 aromatic heterocycles. The van der Waals surface area contributed by atoms with Gasteiger partial charge in [-0.25, -0.2) is 4.79 Å². The summed E-state index contributed by atoms with van der Waals surface area (Å²) in [6.45, 7) is 0.343. The number of alkyl halides is 2. The van der Waals surface area contributed by atoms with E-state index in [0.29, 0.717) is 19.4 Å². The minimum absolute atomic E-state index is 0.128. The zero-order chi connectivity index (χ0) is 15.0. The van der Waals surface area contributed by atoms with E-state index in [1.807, 2.05) is 42.5 Å². The number of carboxylic acid groups (broad SMARTS) is 1. The highest BCUT2D eigenvalue weighted by atomic mass is 35.5. The van der Waals surface area contributed by atoms with Gasteiger partial charge >= 0.3 is 6.09 Å². The number of piperidine rings is 1. The van der Waals surface area contributed by atoms with Crippen LogP contribution in [0.25, 0.3) is 10.8 Å². The lowest BCUT2D eigenvalue weighted by Crippen LogP contribution is -2.51. The van der Waals surface area contributed by atoms with Crippen molar-refractivity contribution in [1.82, 2.24) is 4.90 Å². The van der Waals surface area contributed by atoms with Crippen LogP contribution in [0, 0.1) is 0 Å². The van der Waals surface area contributed by atoms with Crippen molar-refractivity contribution >= 4 is 40.1 Å². The van der Waals surface area contributed by atoms with Crippen molar-refractivity contribution in [2.75, 3.05) is 6.54 Å². The third-order valence-corrected chi connectivity index (χ3v) is 4.95. The molecule has 2 atom stereocenters. The van der Waals surface area contributed by atoms with Crippen molar-refractivity contribution in [1.29, 1.82) is 0 Å². The monoisotopic (exact) mass is 323 g/mol. The van der Waals surface area contributed by atoms with Gasteiger partial charge in [0.1, 0.15) is 5.00 Å². The highest BCUT2D eigenvalue weighted by molar-refractivity contribution is 6.27. The van der Waals surface area contributed by atoms with Crippen LogP contribution in [0.2, 0.25) is 0 Å². The zero-order valence-corrected chi connectivity index (χ0v) is 12.8. The van der Waals surface area contributed by atoms with E-state index in [4.69, 9.17) is 23.2 Å². The number of hydrogen-bond donors (Lipinski definition) is 1. The number of amides is 1. The quantitative estimate of drug-likeness (QED) is 0.614. The van der Waals surface area contributed by atoms with Crippen molar-refractivity contribution in [3.63, 3.8) is 0 Å². The number of carbonyl (C=O) groups is 1. The predicted molar refractivity (Wildman–Crippen MR) is 85.1 cm³/mol. The zero-order valence-electron chi connectivity index (χ0n) is 11.3. The molecule has 1 saturated heterocycles. The summed E-state index contributed by atoms with van der Waals surface area (Å²) in [4.78, 5) is 11.8. The Morgan fingerprint density at radius 2 is 1.95 bits per heavy atom. The van der Waals surface area contributed by atoms with E-state index in [2.05, 4.69) is 0 Å². The van der Waals surface area contributed by atoms with Gasteiger partial charge in [0.15, 0.2) is 0 Å². The van der Waals surface area contributed by atoms with Crippen molar-refractivity contribution in [2.45, 2.75) is 23.2 Å². The first kappa shape index (κ1) is 14.5. The molecular formula is C16H15Cl2NO2. The molecular weight excluding hydrogens is 309 g/mol. The van der Waals surface area contributed by atoms with Gasteiger partial charge in [0, 0.05) is 23.9 Å². The summed E-state index contributed by atoms with van der Waals surface area (Å²) in [6.07, 6.45) is 0.00487. The fraction of sp³-hybridized carbons (Fsp3) is 0.312. The van der Waals surface area contributed by atoms with E-state index in [1.165, 1.54) is 4.90 Å². The number of nitrogens with zero attached hydrogens (tertiary/aromatic N) is 1. The van der Waals surface area contributed by atoms with E-state index in [-0.39, 0.29) is 5.38 Å². The molecule has 0 radical (unpaired) electrons. The first-order valence-corrected chi connectivity index (χ1v) is 7.65. The second-order valence-electron chi connectivity index (χ2n) is 5.31. The van der Waals surface area contributed by atoms with Gasteiger partial charge in [0.2, 0.25) is 0 Å². The number of hydrogen-bond acceptors (Lipinski definition) is 1. The first-order valence-electron chi connectivity index (χ1n) is 6.84. The second-order valence-corrected chi connectivity index (χ2v) is 6.55. The van der Waals surface area contributed by atoms with E-state index >= 15 is 0 Å². The minimum Gasteiger partial charge on any atom is -0.465 e. The van der Waals surface area contributed by atoms with Crippen LogP contribution in [0.3, 0.4) is 0 Å². The Morgan fingerprint density at radius 1 is 1.24 bits per heavy atom. The summed E-state index contributed by atoms with van der Waals surface area (Å²) >= 11 is 13.1. The van der Waals surface area contributed by atoms with Gasteiger partial charge in [0.25, 0.3) is 0 Å². The molecule has 0 spiro atoms. The van der Waals surface area contributed by atoms with E-state index < -0.39 is 11.1 Å². The molecule has 0 aliphatic carbocycles. The molecule has 2 aromatic carbocycles. The number of benzene rings is 2. The van der Waals surface area contributed by atoms with Crippen LogP contribution < -0.4 is 0 Å². The van der Waals surface area contributed by atoms with Crippen LogP contribution >= 0.6 is 23.2 Å². The van der Waals surface area contributed by atoms with Crippen LogP contribution in [0.4, 0.5) is 4.79 Å². The average molecular weight is 324 g/mol. The van der Waals surface area contributed by atoms with Gasteiger partial charge in [-0.05, 0) is 17.2 Å². The number of likely N-dealkylation sites (tertiary alicyclic amines) is 1. The summed E-state index contributed by atoms with van der Waals surface area (Å²) in [5.41, 5.74) is 0.801. The molecule has 1 aliphatic rings. The molecule has 3 nitrogen and oxygen atoms in total. The normalized spacial score (nSPS) is 26.0. The lowest BCUT2D eigenvalue weighted by atomic mass is 9.90. The number of rotatable bonds is 1. The lowest BCUT2D eigenvalue weighted by Gasteiger charge is -2.43. The Morgan fingerprint density at radius 3 is 2.71 bits per heavy atom. The molecule has 0 bridgehead atoms. The maximum atomic E-state index is 11.6. The smallest absolute Gasteiger partial charge is 0.408 e. The van der Waals surface area contributed by atoms with Gasteiger partial charge in [-0.15, -0.1) is 11.6 Å². The second kappa shape index (κ2) is 5.39. The highest BCUT2D eigenvalue weighted by Gasteiger charge is 2.45. The first-order chi connectivity index (χ1) is 10.0. The molecule has 2 aromatic rings. The topological polar surface area (TPSA) is 40.5 Å². The van der Waals surface area contributed by atoms with Gasteiger partial charge in [-0.1, -0.05) is 54.1 Å². The summed E-state index contributed by atoms with van der Waals surface area (Å²) in [6, 6.07) is 13.6. The maximum absolute atomic E-state index is 11.6. The third-order valence-electron chi connectivity index (χ3n) is 4.02. The van der Waals surface area contributed by atoms with Gasteiger partial charge in [-0.3, -0.25) is 4.90 Å². The highest BCUT2D eigenvalue weighted by Crippen LogP contribution is 2.45. The Labute approximate surface area is 133 Å². The molecule has 1 fully saturated rings. The molecule has 1 N–H and O–H groups in total. The van der Waals surface area contributed by atoms with E-state index in [0.717, 1.165) is 16.3 Å². The molecule has 2 unspecified atom stereocenters. The SMILES string of the molecule is O=C(O)N1CCC(Cl)CC1(Cl)c1cccc2ccccc12.